The lowest BCUT2D eigenvalue weighted by atomic mass is 10.1. The van der Waals surface area contributed by atoms with Crippen LogP contribution in [0.15, 0.2) is 53.9 Å². The Hall–Kier alpha value is -3.40. The fraction of sp³-hybridized carbons (Fsp3) is 0.261. The van der Waals surface area contributed by atoms with Gasteiger partial charge in [-0.1, -0.05) is 30.3 Å². The zero-order chi connectivity index (χ0) is 23.8. The average Bonchev–Trinajstić information content (AvgIpc) is 3.18. The van der Waals surface area contributed by atoms with E-state index in [0.717, 1.165) is 28.2 Å². The molecule has 0 unspecified atom stereocenters. The van der Waals surface area contributed by atoms with Crippen LogP contribution in [-0.4, -0.2) is 28.1 Å². The van der Waals surface area contributed by atoms with E-state index in [9.17, 15) is 22.8 Å². The molecular weight excluding hydrogens is 455 g/mol. The number of aromatic nitrogens is 1. The van der Waals surface area contributed by atoms with Crippen molar-refractivity contribution in [1.82, 2.24) is 4.98 Å². The average molecular weight is 478 g/mol. The van der Waals surface area contributed by atoms with Crippen LogP contribution in [0.5, 0.6) is 0 Å². The third-order valence-corrected chi connectivity index (χ3v) is 5.53. The molecule has 0 saturated heterocycles. The number of carbonyl (C=O) groups is 2. The summed E-state index contributed by atoms with van der Waals surface area (Å²) in [6, 6.07) is 14.2. The third kappa shape index (κ3) is 7.90. The highest BCUT2D eigenvalue weighted by Gasteiger charge is 2.26. The molecule has 1 amide bonds. The highest BCUT2D eigenvalue weighted by atomic mass is 32.1. The van der Waals surface area contributed by atoms with Crippen molar-refractivity contribution >= 4 is 34.0 Å². The highest BCUT2D eigenvalue weighted by molar-refractivity contribution is 7.14. The number of rotatable bonds is 10. The Morgan fingerprint density at radius 3 is 2.48 bits per heavy atom. The van der Waals surface area contributed by atoms with Crippen LogP contribution in [0.2, 0.25) is 0 Å². The molecule has 174 valence electrons. The van der Waals surface area contributed by atoms with E-state index in [1.165, 1.54) is 0 Å². The van der Waals surface area contributed by atoms with E-state index in [-0.39, 0.29) is 18.7 Å². The maximum absolute atomic E-state index is 12.4. The molecule has 1 heterocycles. The Kier molecular flexibility index (Phi) is 8.05. The first-order valence-electron chi connectivity index (χ1n) is 10.1. The van der Waals surface area contributed by atoms with Gasteiger partial charge in [-0.15, -0.1) is 11.3 Å². The molecule has 10 heteroatoms. The van der Waals surface area contributed by atoms with Gasteiger partial charge in [0.15, 0.2) is 5.13 Å². The van der Waals surface area contributed by atoms with Crippen LogP contribution in [0.3, 0.4) is 0 Å². The minimum absolute atomic E-state index is 0.0307. The van der Waals surface area contributed by atoms with Crippen LogP contribution < -0.4 is 10.6 Å². The summed E-state index contributed by atoms with van der Waals surface area (Å²) in [4.78, 5) is 27.2. The first-order valence-corrected chi connectivity index (χ1v) is 11.0. The monoisotopic (exact) mass is 477 g/mol. The summed E-state index contributed by atoms with van der Waals surface area (Å²) >= 11 is 1.15. The number of halogens is 3. The lowest BCUT2D eigenvalue weighted by molar-refractivity contribution is -0.136. The van der Waals surface area contributed by atoms with E-state index in [1.54, 1.807) is 35.7 Å². The van der Waals surface area contributed by atoms with Crippen LogP contribution >= 0.6 is 11.3 Å². The maximum Gasteiger partial charge on any atom is 0.389 e. The highest BCUT2D eigenvalue weighted by Crippen LogP contribution is 2.25. The zero-order valence-corrected chi connectivity index (χ0v) is 18.3. The summed E-state index contributed by atoms with van der Waals surface area (Å²) in [5.74, 6) is -1.35. The quantitative estimate of drug-likeness (QED) is 0.358. The summed E-state index contributed by atoms with van der Waals surface area (Å²) in [7, 11) is 0. The van der Waals surface area contributed by atoms with E-state index < -0.39 is 18.6 Å². The van der Waals surface area contributed by atoms with Gasteiger partial charge in [-0.25, -0.2) is 4.98 Å². The molecule has 1 aromatic heterocycles. The van der Waals surface area contributed by atoms with Gasteiger partial charge in [-0.05, 0) is 42.2 Å². The predicted octanol–water partition coefficient (Wildman–Crippen LogP) is 5.52. The van der Waals surface area contributed by atoms with Gasteiger partial charge in [-0.3, -0.25) is 14.9 Å². The molecule has 0 aliphatic rings. The van der Waals surface area contributed by atoms with Crippen molar-refractivity contribution in [3.8, 4) is 0 Å². The molecule has 0 radical (unpaired) electrons. The van der Waals surface area contributed by atoms with Crippen LogP contribution in [0.4, 0.5) is 24.0 Å². The third-order valence-electron chi connectivity index (χ3n) is 4.73. The van der Waals surface area contributed by atoms with Gasteiger partial charge in [0.2, 0.25) is 0 Å². The smallest absolute Gasteiger partial charge is 0.389 e. The molecule has 0 aliphatic carbocycles. The first kappa shape index (κ1) is 24.2. The Morgan fingerprint density at radius 2 is 1.79 bits per heavy atom. The Labute approximate surface area is 192 Å². The van der Waals surface area contributed by atoms with Gasteiger partial charge < -0.3 is 10.4 Å². The fourth-order valence-electron chi connectivity index (χ4n) is 3.13. The van der Waals surface area contributed by atoms with Gasteiger partial charge in [0.05, 0.1) is 12.1 Å². The van der Waals surface area contributed by atoms with Crippen molar-refractivity contribution in [1.29, 1.82) is 0 Å². The molecule has 0 atom stereocenters. The van der Waals surface area contributed by atoms with Crippen molar-refractivity contribution in [2.75, 3.05) is 10.6 Å². The van der Waals surface area contributed by atoms with E-state index in [4.69, 9.17) is 5.11 Å². The standard InChI is InChI=1S/C23H22F3N3O3S/c24-23(25,26)11-3-5-16-4-1-2-6-19(16)27-13-15-7-9-17(10-8-15)21(32)29-22-28-18(14-33-22)12-20(30)31/h1-2,4,6-10,14,27H,3,5,11-13H2,(H,30,31)(H,28,29,32). The van der Waals surface area contributed by atoms with E-state index in [2.05, 4.69) is 15.6 Å². The number of thiazole rings is 1. The summed E-state index contributed by atoms with van der Waals surface area (Å²) in [5, 5.41) is 16.6. The maximum atomic E-state index is 12.4. The molecule has 2 aromatic carbocycles. The topological polar surface area (TPSA) is 91.3 Å². The van der Waals surface area contributed by atoms with Crippen molar-refractivity contribution in [3.63, 3.8) is 0 Å². The van der Waals surface area contributed by atoms with E-state index in [1.807, 2.05) is 18.2 Å². The number of carboxylic acids is 1. The van der Waals surface area contributed by atoms with Gasteiger partial charge in [0, 0.05) is 29.6 Å². The minimum atomic E-state index is -4.16. The number of hydrogen-bond acceptors (Lipinski definition) is 5. The number of benzene rings is 2. The second kappa shape index (κ2) is 11.0. The van der Waals surface area contributed by atoms with Crippen LogP contribution in [-0.2, 0) is 24.2 Å². The number of anilines is 2. The van der Waals surface area contributed by atoms with E-state index in [0.29, 0.717) is 29.4 Å². The van der Waals surface area contributed by atoms with Crippen molar-refractivity contribution < 1.29 is 27.9 Å². The molecule has 0 bridgehead atoms. The lowest BCUT2D eigenvalue weighted by Crippen LogP contribution is -2.12. The Balaban J connectivity index is 1.54. The molecule has 3 N–H and O–H groups in total. The molecule has 0 fully saturated rings. The number of carbonyl (C=O) groups excluding carboxylic acids is 1. The molecular formula is C23H22F3N3O3S. The number of aliphatic carboxylic acids is 1. The molecule has 3 aromatic rings. The van der Waals surface area contributed by atoms with Crippen LogP contribution in [0, 0.1) is 0 Å². The van der Waals surface area contributed by atoms with Crippen LogP contribution in [0.25, 0.3) is 0 Å². The number of alkyl halides is 3. The van der Waals surface area contributed by atoms with Crippen molar-refractivity contribution in [3.05, 3.63) is 76.3 Å². The number of amides is 1. The molecule has 0 aliphatic heterocycles. The molecule has 0 spiro atoms. The Bertz CT molecular complexity index is 1100. The molecule has 6 nitrogen and oxygen atoms in total. The largest absolute Gasteiger partial charge is 0.481 e. The predicted molar refractivity (Wildman–Crippen MR) is 121 cm³/mol. The molecule has 0 saturated carbocycles. The first-order chi connectivity index (χ1) is 15.7. The van der Waals surface area contributed by atoms with Crippen molar-refractivity contribution in [2.45, 2.75) is 38.4 Å². The van der Waals surface area contributed by atoms with Gasteiger partial charge >= 0.3 is 12.1 Å². The summed E-state index contributed by atoms with van der Waals surface area (Å²) in [6.07, 6.45) is -4.82. The van der Waals surface area contributed by atoms with Crippen LogP contribution in [0.1, 0.15) is 40.0 Å². The number of para-hydroxylation sites is 1. The summed E-state index contributed by atoms with van der Waals surface area (Å²) < 4.78 is 37.3. The lowest BCUT2D eigenvalue weighted by Gasteiger charge is -2.13. The summed E-state index contributed by atoms with van der Waals surface area (Å²) in [5.41, 5.74) is 3.30. The van der Waals surface area contributed by atoms with Gasteiger partial charge in [-0.2, -0.15) is 13.2 Å². The van der Waals surface area contributed by atoms with Crippen molar-refractivity contribution in [2.24, 2.45) is 0 Å². The second-order valence-corrected chi connectivity index (χ2v) is 8.20. The SMILES string of the molecule is O=C(O)Cc1csc(NC(=O)c2ccc(CNc3ccccc3CCCC(F)(F)F)cc2)n1. The Morgan fingerprint density at radius 1 is 1.06 bits per heavy atom. The molecule has 33 heavy (non-hydrogen) atoms. The van der Waals surface area contributed by atoms with E-state index >= 15 is 0 Å². The number of hydrogen-bond donors (Lipinski definition) is 3. The number of nitrogens with zero attached hydrogens (tertiary/aromatic N) is 1. The second-order valence-electron chi connectivity index (χ2n) is 7.34. The van der Waals surface area contributed by atoms with Gasteiger partial charge in [0.25, 0.3) is 5.91 Å². The van der Waals surface area contributed by atoms with Gasteiger partial charge in [0.1, 0.15) is 0 Å². The zero-order valence-electron chi connectivity index (χ0n) is 17.5. The minimum Gasteiger partial charge on any atom is -0.481 e. The molecule has 3 rings (SSSR count). The fourth-order valence-corrected chi connectivity index (χ4v) is 3.84. The number of nitrogens with one attached hydrogen (secondary N) is 2. The summed E-state index contributed by atoms with van der Waals surface area (Å²) in [6.45, 7) is 0.448. The number of aryl methyl sites for hydroxylation is 1. The number of carboxylic acid groups (broad SMARTS) is 1. The normalized spacial score (nSPS) is 11.2.